The second kappa shape index (κ2) is 3.33. The van der Waals surface area contributed by atoms with E-state index < -0.39 is 17.7 Å². The van der Waals surface area contributed by atoms with Crippen molar-refractivity contribution in [1.29, 1.82) is 0 Å². The first-order chi connectivity index (χ1) is 10.4. The predicted molar refractivity (Wildman–Crippen MR) is 78.5 cm³/mol. The summed E-state index contributed by atoms with van der Waals surface area (Å²) in [5, 5.41) is 0. The lowest BCUT2D eigenvalue weighted by Gasteiger charge is -2.48. The highest BCUT2D eigenvalue weighted by molar-refractivity contribution is 9.09. The van der Waals surface area contributed by atoms with Gasteiger partial charge in [0.15, 0.2) is 0 Å². The van der Waals surface area contributed by atoms with Crippen LogP contribution in [0.25, 0.3) is 0 Å². The van der Waals surface area contributed by atoms with Gasteiger partial charge in [-0.2, -0.15) is 0 Å². The van der Waals surface area contributed by atoms with Gasteiger partial charge >= 0.3 is 11.9 Å². The van der Waals surface area contributed by atoms with E-state index in [0.717, 1.165) is 23.3 Å². The number of halogens is 1. The standard InChI is InChI=1S/C17H17BrO4/c1-17(2)21-15(19)13(16(20)22-17)11-8-4-3-5-7-6(4)10(11)12(7)14(18)9(5)8/h4-10,12,14H,3H2,1-2H3/t4-,5+,6-,7-,8+,9-,10+,12-,14-/m0/s1. The van der Waals surface area contributed by atoms with E-state index in [1.165, 1.54) is 6.42 Å². The summed E-state index contributed by atoms with van der Waals surface area (Å²) >= 11 is 3.93. The minimum absolute atomic E-state index is 0.247. The van der Waals surface area contributed by atoms with Crippen molar-refractivity contribution in [1.82, 2.24) is 0 Å². The van der Waals surface area contributed by atoms with Crippen molar-refractivity contribution < 1.29 is 19.1 Å². The third-order valence-corrected chi connectivity index (χ3v) is 8.67. The number of fused-ring (bicyclic) bond motifs is 2. The molecule has 9 atom stereocenters. The molecule has 0 aromatic carbocycles. The Labute approximate surface area is 136 Å². The summed E-state index contributed by atoms with van der Waals surface area (Å²) < 4.78 is 10.7. The van der Waals surface area contributed by atoms with Crippen LogP contribution < -0.4 is 0 Å². The van der Waals surface area contributed by atoms with E-state index in [-0.39, 0.29) is 5.57 Å². The quantitative estimate of drug-likeness (QED) is 0.286. The van der Waals surface area contributed by atoms with Crippen molar-refractivity contribution in [2.75, 3.05) is 0 Å². The van der Waals surface area contributed by atoms with Crippen molar-refractivity contribution in [2.45, 2.75) is 30.9 Å². The number of esters is 2. The van der Waals surface area contributed by atoms with Gasteiger partial charge in [-0.05, 0) is 59.3 Å². The molecule has 0 spiro atoms. The van der Waals surface area contributed by atoms with Gasteiger partial charge in [0.1, 0.15) is 5.57 Å². The highest BCUT2D eigenvalue weighted by Crippen LogP contribution is 2.85. The molecule has 22 heavy (non-hydrogen) atoms. The molecular weight excluding hydrogens is 348 g/mol. The Morgan fingerprint density at radius 1 is 0.955 bits per heavy atom. The van der Waals surface area contributed by atoms with E-state index in [9.17, 15) is 9.59 Å². The minimum atomic E-state index is -1.14. The van der Waals surface area contributed by atoms with Crippen molar-refractivity contribution in [3.05, 3.63) is 11.1 Å². The Hall–Kier alpha value is -0.840. The molecule has 4 nitrogen and oxygen atoms in total. The van der Waals surface area contributed by atoms with Gasteiger partial charge in [-0.15, -0.1) is 0 Å². The van der Waals surface area contributed by atoms with Crippen molar-refractivity contribution in [3.63, 3.8) is 0 Å². The molecule has 0 amide bonds. The summed E-state index contributed by atoms with van der Waals surface area (Å²) in [6, 6.07) is 0. The fourth-order valence-corrected chi connectivity index (χ4v) is 8.75. The third-order valence-electron chi connectivity index (χ3n) is 7.45. The fraction of sp³-hybridized carbons (Fsp3) is 0.765. The zero-order valence-electron chi connectivity index (χ0n) is 12.4. The molecule has 0 unspecified atom stereocenters. The maximum atomic E-state index is 12.5. The Morgan fingerprint density at radius 3 is 2.32 bits per heavy atom. The van der Waals surface area contributed by atoms with Gasteiger partial charge < -0.3 is 9.47 Å². The number of ether oxygens (including phenoxy) is 2. The van der Waals surface area contributed by atoms with Gasteiger partial charge in [-0.3, -0.25) is 0 Å². The molecule has 0 aromatic rings. The highest BCUT2D eigenvalue weighted by Gasteiger charge is 2.82. The van der Waals surface area contributed by atoms with Gasteiger partial charge in [0.2, 0.25) is 0 Å². The molecule has 2 bridgehead atoms. The summed E-state index contributed by atoms with van der Waals surface area (Å²) in [6.45, 7) is 3.22. The number of carbonyl (C=O) groups excluding carboxylic acids is 2. The van der Waals surface area contributed by atoms with Crippen LogP contribution in [0.3, 0.4) is 0 Å². The summed E-state index contributed by atoms with van der Waals surface area (Å²) in [5.41, 5.74) is 1.36. The lowest BCUT2D eigenvalue weighted by molar-refractivity contribution is -0.222. The number of hydrogen-bond acceptors (Lipinski definition) is 4. The molecule has 1 heterocycles. The Kier molecular flexibility index (Phi) is 1.90. The first-order valence-corrected chi connectivity index (χ1v) is 9.17. The summed E-state index contributed by atoms with van der Waals surface area (Å²) in [5.74, 6) is 3.08. The van der Waals surface area contributed by atoms with Crippen LogP contribution in [0, 0.1) is 47.3 Å². The Balaban J connectivity index is 1.53. The van der Waals surface area contributed by atoms with Crippen molar-refractivity contribution >= 4 is 27.9 Å². The second-order valence-electron chi connectivity index (χ2n) is 8.38. The molecule has 1 saturated heterocycles. The summed E-state index contributed by atoms with van der Waals surface area (Å²) in [6.07, 6.45) is 1.30. The molecule has 5 aliphatic carbocycles. The number of alkyl halides is 1. The smallest absolute Gasteiger partial charge is 0.348 e. The van der Waals surface area contributed by atoms with Gasteiger partial charge in [0.05, 0.1) is 0 Å². The number of carbonyl (C=O) groups is 2. The molecule has 116 valence electrons. The maximum absolute atomic E-state index is 12.5. The zero-order chi connectivity index (χ0) is 15.1. The third kappa shape index (κ3) is 1.06. The van der Waals surface area contributed by atoms with Crippen LogP contribution in [0.2, 0.25) is 0 Å². The number of hydrogen-bond donors (Lipinski definition) is 0. The molecule has 6 rings (SSSR count). The van der Waals surface area contributed by atoms with Crippen LogP contribution in [-0.4, -0.2) is 22.6 Å². The molecular formula is C17H17BrO4. The molecule has 1 aliphatic heterocycles. The average Bonchev–Trinajstić information content (AvgIpc) is 2.87. The molecule has 6 fully saturated rings. The van der Waals surface area contributed by atoms with Crippen LogP contribution in [0.4, 0.5) is 0 Å². The monoisotopic (exact) mass is 364 g/mol. The van der Waals surface area contributed by atoms with Gasteiger partial charge in [0.25, 0.3) is 5.79 Å². The first-order valence-electron chi connectivity index (χ1n) is 8.25. The van der Waals surface area contributed by atoms with Crippen molar-refractivity contribution in [3.8, 4) is 0 Å². The van der Waals surface area contributed by atoms with E-state index in [1.807, 2.05) is 0 Å². The Bertz CT molecular complexity index is 673. The molecule has 5 heteroatoms. The normalized spacial score (nSPS) is 58.2. The van der Waals surface area contributed by atoms with E-state index in [2.05, 4.69) is 15.9 Å². The minimum Gasteiger partial charge on any atom is -0.419 e. The van der Waals surface area contributed by atoms with Crippen LogP contribution >= 0.6 is 15.9 Å². The van der Waals surface area contributed by atoms with Crippen molar-refractivity contribution in [2.24, 2.45) is 47.3 Å². The lowest BCUT2D eigenvalue weighted by atomic mass is 9.58. The predicted octanol–water partition coefficient (Wildman–Crippen LogP) is 2.27. The second-order valence-corrected chi connectivity index (χ2v) is 9.44. The molecule has 0 aromatic heterocycles. The molecule has 0 radical (unpaired) electrons. The number of rotatable bonds is 0. The summed E-state index contributed by atoms with van der Waals surface area (Å²) in [7, 11) is 0. The Morgan fingerprint density at radius 2 is 1.64 bits per heavy atom. The maximum Gasteiger partial charge on any atom is 0.348 e. The molecule has 5 saturated carbocycles. The van der Waals surface area contributed by atoms with E-state index in [4.69, 9.17) is 9.47 Å². The molecule has 6 aliphatic rings. The molecule has 0 N–H and O–H groups in total. The highest BCUT2D eigenvalue weighted by atomic mass is 79.9. The number of allylic oxidation sites excluding steroid dienone is 1. The van der Waals surface area contributed by atoms with E-state index >= 15 is 0 Å². The summed E-state index contributed by atoms with van der Waals surface area (Å²) in [4.78, 5) is 25.6. The number of cyclic esters (lactones) is 2. The fourth-order valence-electron chi connectivity index (χ4n) is 7.35. The van der Waals surface area contributed by atoms with Gasteiger partial charge in [0, 0.05) is 18.7 Å². The van der Waals surface area contributed by atoms with Crippen LogP contribution in [-0.2, 0) is 19.1 Å². The zero-order valence-corrected chi connectivity index (χ0v) is 14.0. The van der Waals surface area contributed by atoms with Crippen LogP contribution in [0.1, 0.15) is 20.3 Å². The van der Waals surface area contributed by atoms with Gasteiger partial charge in [-0.25, -0.2) is 9.59 Å². The first kappa shape index (κ1) is 12.6. The van der Waals surface area contributed by atoms with E-state index in [0.29, 0.717) is 34.4 Å². The lowest BCUT2D eigenvalue weighted by Crippen LogP contribution is -2.48. The van der Waals surface area contributed by atoms with Crippen LogP contribution in [0.15, 0.2) is 11.1 Å². The SMILES string of the molecule is CC1(C)OC(=O)C(=C2[C@@H]3[C@H]4[C@@H](Br)[C@H]5[C@@H]6C[C@H]([C@@H]25)[C@H]3[C@H]64)C(=O)O1. The average molecular weight is 365 g/mol. The van der Waals surface area contributed by atoms with Crippen LogP contribution in [0.5, 0.6) is 0 Å². The largest absolute Gasteiger partial charge is 0.419 e. The van der Waals surface area contributed by atoms with E-state index in [1.54, 1.807) is 13.8 Å². The topological polar surface area (TPSA) is 52.6 Å². The van der Waals surface area contributed by atoms with Gasteiger partial charge in [-0.1, -0.05) is 15.9 Å².